The summed E-state index contributed by atoms with van der Waals surface area (Å²) in [6.45, 7) is 6.25. The molecular formula is C30H27N3O3. The topological polar surface area (TPSA) is 69.7 Å². The number of carbonyl (C=O) groups excluding carboxylic acids is 3. The number of amides is 3. The van der Waals surface area contributed by atoms with Crippen LogP contribution < -0.4 is 15.1 Å². The molecule has 2 fully saturated rings. The molecule has 0 aliphatic carbocycles. The van der Waals surface area contributed by atoms with E-state index >= 15 is 0 Å². The van der Waals surface area contributed by atoms with Gasteiger partial charge in [-0.2, -0.15) is 0 Å². The highest BCUT2D eigenvalue weighted by Gasteiger charge is 2.71. The zero-order valence-electron chi connectivity index (χ0n) is 20.1. The van der Waals surface area contributed by atoms with Crippen molar-refractivity contribution in [3.63, 3.8) is 0 Å². The van der Waals surface area contributed by atoms with Crippen LogP contribution >= 0.6 is 0 Å². The van der Waals surface area contributed by atoms with Crippen LogP contribution in [0.4, 0.5) is 11.4 Å². The molecule has 4 atom stereocenters. The van der Waals surface area contributed by atoms with E-state index in [2.05, 4.69) is 11.9 Å². The number of fused-ring (bicyclic) bond motifs is 4. The minimum Gasteiger partial charge on any atom is -0.306 e. The fourth-order valence-corrected chi connectivity index (χ4v) is 6.25. The molecule has 180 valence electrons. The molecule has 36 heavy (non-hydrogen) atoms. The summed E-state index contributed by atoms with van der Waals surface area (Å²) in [7, 11) is 0. The maximum absolute atomic E-state index is 14.3. The van der Waals surface area contributed by atoms with E-state index in [0.29, 0.717) is 18.7 Å². The van der Waals surface area contributed by atoms with Gasteiger partial charge in [0.05, 0.1) is 17.5 Å². The normalized spacial score (nSPS) is 26.6. The molecule has 3 aromatic rings. The lowest BCUT2D eigenvalue weighted by atomic mass is 9.76. The molecule has 0 unspecified atom stereocenters. The number of imide groups is 1. The molecule has 1 N–H and O–H groups in total. The average molecular weight is 478 g/mol. The van der Waals surface area contributed by atoms with Crippen LogP contribution in [0.25, 0.3) is 0 Å². The van der Waals surface area contributed by atoms with Crippen molar-refractivity contribution in [2.75, 3.05) is 16.3 Å². The number of hydrogen-bond donors (Lipinski definition) is 1. The number of carbonyl (C=O) groups is 3. The van der Waals surface area contributed by atoms with Gasteiger partial charge >= 0.3 is 0 Å². The Kier molecular flexibility index (Phi) is 5.16. The van der Waals surface area contributed by atoms with Gasteiger partial charge in [-0.3, -0.25) is 19.7 Å². The van der Waals surface area contributed by atoms with Crippen LogP contribution in [0.15, 0.2) is 97.1 Å². The molecule has 3 aliphatic heterocycles. The van der Waals surface area contributed by atoms with Crippen LogP contribution in [0.5, 0.6) is 0 Å². The molecule has 0 aromatic heterocycles. The molecule has 3 heterocycles. The van der Waals surface area contributed by atoms with Crippen LogP contribution in [-0.4, -0.2) is 30.3 Å². The third kappa shape index (κ3) is 3.11. The Morgan fingerprint density at radius 1 is 0.889 bits per heavy atom. The van der Waals surface area contributed by atoms with Crippen molar-refractivity contribution in [3.05, 3.63) is 108 Å². The highest BCUT2D eigenvalue weighted by Crippen LogP contribution is 2.55. The van der Waals surface area contributed by atoms with E-state index in [1.54, 1.807) is 17.0 Å². The predicted octanol–water partition coefficient (Wildman–Crippen LogP) is 3.82. The van der Waals surface area contributed by atoms with Gasteiger partial charge in [0.1, 0.15) is 5.54 Å². The monoisotopic (exact) mass is 477 g/mol. The average Bonchev–Trinajstić information content (AvgIpc) is 3.44. The SMILES string of the molecule is C=C(C)CN1C(=O)[C@]2(N[C@@H](Cc3ccccc3)[C@H]3C(=O)N(c4ccccc4)C(=O)[C@H]32)c2ccccc21. The number of benzene rings is 3. The van der Waals surface area contributed by atoms with Crippen LogP contribution in [0, 0.1) is 11.8 Å². The minimum absolute atomic E-state index is 0.201. The maximum Gasteiger partial charge on any atom is 0.253 e. The highest BCUT2D eigenvalue weighted by molar-refractivity contribution is 6.26. The molecule has 6 nitrogen and oxygen atoms in total. The zero-order valence-corrected chi connectivity index (χ0v) is 20.1. The van der Waals surface area contributed by atoms with Crippen molar-refractivity contribution in [1.82, 2.24) is 5.32 Å². The minimum atomic E-state index is -1.31. The first-order valence-electron chi connectivity index (χ1n) is 12.2. The van der Waals surface area contributed by atoms with E-state index in [1.807, 2.05) is 79.7 Å². The Balaban J connectivity index is 1.52. The molecule has 0 saturated carbocycles. The zero-order chi connectivity index (χ0) is 25.0. The largest absolute Gasteiger partial charge is 0.306 e. The molecule has 2 saturated heterocycles. The van der Waals surface area contributed by atoms with Crippen LogP contribution in [0.1, 0.15) is 18.1 Å². The van der Waals surface area contributed by atoms with Gasteiger partial charge < -0.3 is 4.90 Å². The summed E-state index contributed by atoms with van der Waals surface area (Å²) >= 11 is 0. The van der Waals surface area contributed by atoms with E-state index in [0.717, 1.165) is 22.4 Å². The molecule has 6 heteroatoms. The summed E-state index contributed by atoms with van der Waals surface area (Å²) in [5, 5.41) is 3.57. The van der Waals surface area contributed by atoms with Gasteiger partial charge in [-0.25, -0.2) is 4.90 Å². The predicted molar refractivity (Wildman–Crippen MR) is 138 cm³/mol. The molecule has 3 amide bonds. The Morgan fingerprint density at radius 3 is 2.22 bits per heavy atom. The van der Waals surface area contributed by atoms with Crippen LogP contribution in [0.3, 0.4) is 0 Å². The first kappa shape index (κ1) is 22.4. The van der Waals surface area contributed by atoms with Crippen molar-refractivity contribution >= 4 is 29.1 Å². The molecule has 3 aliphatic rings. The summed E-state index contributed by atoms with van der Waals surface area (Å²) in [5.74, 6) is -2.31. The molecule has 1 spiro atoms. The van der Waals surface area contributed by atoms with E-state index in [1.165, 1.54) is 4.90 Å². The Labute approximate surface area is 210 Å². The van der Waals surface area contributed by atoms with E-state index < -0.39 is 17.4 Å². The second-order valence-electron chi connectivity index (χ2n) is 9.97. The van der Waals surface area contributed by atoms with Crippen molar-refractivity contribution < 1.29 is 14.4 Å². The Morgan fingerprint density at radius 2 is 1.53 bits per heavy atom. The summed E-state index contributed by atoms with van der Waals surface area (Å²) in [5.41, 5.74) is 2.61. The van der Waals surface area contributed by atoms with Gasteiger partial charge in [0.15, 0.2) is 0 Å². The number of para-hydroxylation sites is 2. The first-order valence-corrected chi connectivity index (χ1v) is 12.2. The maximum atomic E-state index is 14.3. The Bertz CT molecular complexity index is 1390. The lowest BCUT2D eigenvalue weighted by molar-refractivity contribution is -0.132. The molecule has 6 rings (SSSR count). The second-order valence-corrected chi connectivity index (χ2v) is 9.97. The highest BCUT2D eigenvalue weighted by atomic mass is 16.2. The third-order valence-corrected chi connectivity index (χ3v) is 7.61. The smallest absolute Gasteiger partial charge is 0.253 e. The number of nitrogens with zero attached hydrogens (tertiary/aromatic N) is 2. The Hall–Kier alpha value is -4.03. The summed E-state index contributed by atoms with van der Waals surface area (Å²) in [6, 6.07) is 26.1. The first-order chi connectivity index (χ1) is 17.4. The fraction of sp³-hybridized carbons (Fsp3) is 0.233. The second kappa shape index (κ2) is 8.28. The number of nitrogens with one attached hydrogen (secondary N) is 1. The number of rotatable bonds is 5. The fourth-order valence-electron chi connectivity index (χ4n) is 6.25. The standard InChI is InChI=1S/C30H27N3O3/c1-19(2)18-32-24-16-10-9-15-22(24)30(29(32)36)26-25(23(31-30)17-20-11-5-3-6-12-20)27(34)33(28(26)35)21-13-7-4-8-14-21/h3-16,23,25-26,31H,1,17-18H2,2H3/t23-,25+,26-,30-/m0/s1. The quantitative estimate of drug-likeness (QED) is 0.448. The van der Waals surface area contributed by atoms with Gasteiger partial charge in [-0.1, -0.05) is 78.9 Å². The van der Waals surface area contributed by atoms with E-state index in [-0.39, 0.29) is 23.8 Å². The van der Waals surface area contributed by atoms with Gasteiger partial charge in [0.2, 0.25) is 11.8 Å². The van der Waals surface area contributed by atoms with Gasteiger partial charge in [-0.05, 0) is 37.1 Å². The van der Waals surface area contributed by atoms with Gasteiger partial charge in [0.25, 0.3) is 5.91 Å². The lowest BCUT2D eigenvalue weighted by Gasteiger charge is -2.30. The number of anilines is 2. The third-order valence-electron chi connectivity index (χ3n) is 7.61. The molecule has 0 radical (unpaired) electrons. The van der Waals surface area contributed by atoms with Crippen molar-refractivity contribution in [3.8, 4) is 0 Å². The van der Waals surface area contributed by atoms with E-state index in [9.17, 15) is 14.4 Å². The van der Waals surface area contributed by atoms with Crippen molar-refractivity contribution in [1.29, 1.82) is 0 Å². The van der Waals surface area contributed by atoms with Crippen LogP contribution in [-0.2, 0) is 26.3 Å². The summed E-state index contributed by atoms with van der Waals surface area (Å²) < 4.78 is 0. The molecular weight excluding hydrogens is 450 g/mol. The van der Waals surface area contributed by atoms with Crippen LogP contribution in [0.2, 0.25) is 0 Å². The summed E-state index contributed by atoms with van der Waals surface area (Å²) in [4.78, 5) is 45.3. The van der Waals surface area contributed by atoms with Gasteiger partial charge in [-0.15, -0.1) is 0 Å². The number of hydrogen-bond acceptors (Lipinski definition) is 4. The summed E-state index contributed by atoms with van der Waals surface area (Å²) in [6.07, 6.45) is 0.529. The van der Waals surface area contributed by atoms with Gasteiger partial charge in [0, 0.05) is 23.8 Å². The van der Waals surface area contributed by atoms with Crippen molar-refractivity contribution in [2.24, 2.45) is 11.8 Å². The molecule has 3 aromatic carbocycles. The van der Waals surface area contributed by atoms with Crippen molar-refractivity contribution in [2.45, 2.75) is 24.9 Å². The van der Waals surface area contributed by atoms with E-state index in [4.69, 9.17) is 0 Å². The molecule has 0 bridgehead atoms. The lowest BCUT2D eigenvalue weighted by Crippen LogP contribution is -2.55.